The van der Waals surface area contributed by atoms with Crippen LogP contribution in [0, 0.1) is 0 Å². The molecule has 1 aliphatic heterocycles. The van der Waals surface area contributed by atoms with Crippen molar-refractivity contribution in [2.75, 3.05) is 0 Å². The molecule has 3 aromatic rings. The Morgan fingerprint density at radius 1 is 1.12 bits per heavy atom. The SMILES string of the molecule is CC1CC(c2nc(-c3cccnc3Oc3ccccc3)no2)NN1. The standard InChI is InChI=1S/C17H17N5O2/c1-11-10-14(21-20-11)17-19-15(22-24-17)13-8-5-9-18-16(13)23-12-6-3-2-4-7-12/h2-9,11,14,20-21H,10H2,1H3. The average Bonchev–Trinajstić information content (AvgIpc) is 3.25. The van der Waals surface area contributed by atoms with Crippen molar-refractivity contribution in [1.82, 2.24) is 26.0 Å². The van der Waals surface area contributed by atoms with Gasteiger partial charge < -0.3 is 9.26 Å². The van der Waals surface area contributed by atoms with Crippen LogP contribution in [0.25, 0.3) is 11.4 Å². The maximum Gasteiger partial charge on any atom is 0.245 e. The van der Waals surface area contributed by atoms with Crippen molar-refractivity contribution in [3.8, 4) is 23.0 Å². The zero-order valence-electron chi connectivity index (χ0n) is 13.1. The summed E-state index contributed by atoms with van der Waals surface area (Å²) in [5.74, 6) is 2.17. The number of ether oxygens (including phenoxy) is 1. The summed E-state index contributed by atoms with van der Waals surface area (Å²) in [6, 6.07) is 13.5. The van der Waals surface area contributed by atoms with E-state index in [2.05, 4.69) is 32.9 Å². The first-order chi connectivity index (χ1) is 11.8. The lowest BCUT2D eigenvalue weighted by Crippen LogP contribution is -2.28. The molecule has 7 nitrogen and oxygen atoms in total. The van der Waals surface area contributed by atoms with E-state index in [1.165, 1.54) is 0 Å². The Labute approximate surface area is 139 Å². The van der Waals surface area contributed by atoms with Crippen LogP contribution >= 0.6 is 0 Å². The van der Waals surface area contributed by atoms with Crippen LogP contribution in [0.1, 0.15) is 25.3 Å². The number of hydrogen-bond donors (Lipinski definition) is 2. The van der Waals surface area contributed by atoms with Crippen LogP contribution in [-0.2, 0) is 0 Å². The molecule has 0 bridgehead atoms. The third-order valence-electron chi connectivity index (χ3n) is 3.80. The second-order valence-electron chi connectivity index (χ2n) is 5.71. The molecule has 1 saturated heterocycles. The quantitative estimate of drug-likeness (QED) is 0.763. The largest absolute Gasteiger partial charge is 0.438 e. The van der Waals surface area contributed by atoms with E-state index < -0.39 is 0 Å². The Kier molecular flexibility index (Phi) is 3.94. The van der Waals surface area contributed by atoms with Gasteiger partial charge in [-0.15, -0.1) is 0 Å². The van der Waals surface area contributed by atoms with Gasteiger partial charge in [-0.2, -0.15) is 4.98 Å². The van der Waals surface area contributed by atoms with E-state index in [1.54, 1.807) is 6.20 Å². The third-order valence-corrected chi connectivity index (χ3v) is 3.80. The van der Waals surface area contributed by atoms with Gasteiger partial charge in [0, 0.05) is 12.2 Å². The van der Waals surface area contributed by atoms with Crippen LogP contribution in [0.4, 0.5) is 0 Å². The molecule has 4 rings (SSSR count). The van der Waals surface area contributed by atoms with Gasteiger partial charge in [0.05, 0.1) is 5.56 Å². The van der Waals surface area contributed by atoms with Gasteiger partial charge in [-0.25, -0.2) is 10.4 Å². The summed E-state index contributed by atoms with van der Waals surface area (Å²) < 4.78 is 11.3. The van der Waals surface area contributed by atoms with E-state index in [-0.39, 0.29) is 6.04 Å². The van der Waals surface area contributed by atoms with Crippen molar-refractivity contribution in [1.29, 1.82) is 0 Å². The van der Waals surface area contributed by atoms with E-state index in [1.807, 2.05) is 42.5 Å². The van der Waals surface area contributed by atoms with Gasteiger partial charge in [-0.05, 0) is 37.6 Å². The van der Waals surface area contributed by atoms with Crippen molar-refractivity contribution in [2.45, 2.75) is 25.4 Å². The number of aromatic nitrogens is 3. The van der Waals surface area contributed by atoms with Gasteiger partial charge in [-0.1, -0.05) is 23.4 Å². The van der Waals surface area contributed by atoms with Crippen molar-refractivity contribution in [3.05, 3.63) is 54.6 Å². The average molecular weight is 323 g/mol. The van der Waals surface area contributed by atoms with Crippen molar-refractivity contribution in [2.24, 2.45) is 0 Å². The molecule has 0 aliphatic carbocycles. The molecule has 0 saturated carbocycles. The fourth-order valence-electron chi connectivity index (χ4n) is 2.61. The predicted octanol–water partition coefficient (Wildman–Crippen LogP) is 2.85. The summed E-state index contributed by atoms with van der Waals surface area (Å²) in [5.41, 5.74) is 6.99. The lowest BCUT2D eigenvalue weighted by atomic mass is 10.1. The Morgan fingerprint density at radius 2 is 2.00 bits per heavy atom. The van der Waals surface area contributed by atoms with Crippen LogP contribution in [0.3, 0.4) is 0 Å². The summed E-state index contributed by atoms with van der Waals surface area (Å²) in [6.07, 6.45) is 2.56. The highest BCUT2D eigenvalue weighted by Crippen LogP contribution is 2.30. The summed E-state index contributed by atoms with van der Waals surface area (Å²) in [5, 5.41) is 4.08. The zero-order chi connectivity index (χ0) is 16.4. The summed E-state index contributed by atoms with van der Waals surface area (Å²) in [4.78, 5) is 8.80. The van der Waals surface area contributed by atoms with Crippen LogP contribution in [0.15, 0.2) is 53.2 Å². The minimum atomic E-state index is 0.0106. The molecular weight excluding hydrogens is 306 g/mol. The predicted molar refractivity (Wildman–Crippen MR) is 87.1 cm³/mol. The number of pyridine rings is 1. The lowest BCUT2D eigenvalue weighted by Gasteiger charge is -2.07. The van der Waals surface area contributed by atoms with Gasteiger partial charge in [0.15, 0.2) is 0 Å². The molecule has 3 heterocycles. The fourth-order valence-corrected chi connectivity index (χ4v) is 2.61. The van der Waals surface area contributed by atoms with Gasteiger partial charge in [0.2, 0.25) is 17.6 Å². The Hall–Kier alpha value is -2.77. The highest BCUT2D eigenvalue weighted by atomic mass is 16.5. The van der Waals surface area contributed by atoms with Crippen molar-refractivity contribution in [3.63, 3.8) is 0 Å². The lowest BCUT2D eigenvalue weighted by molar-refractivity contribution is 0.340. The second kappa shape index (κ2) is 6.38. The molecular formula is C17H17N5O2. The monoisotopic (exact) mass is 323 g/mol. The van der Waals surface area contributed by atoms with Crippen molar-refractivity contribution < 1.29 is 9.26 Å². The number of para-hydroxylation sites is 1. The normalized spacial score (nSPS) is 20.2. The molecule has 2 aromatic heterocycles. The highest BCUT2D eigenvalue weighted by molar-refractivity contribution is 5.61. The van der Waals surface area contributed by atoms with Crippen LogP contribution in [-0.4, -0.2) is 21.2 Å². The van der Waals surface area contributed by atoms with Crippen LogP contribution < -0.4 is 15.6 Å². The molecule has 2 unspecified atom stereocenters. The zero-order valence-corrected chi connectivity index (χ0v) is 13.1. The number of nitrogens with one attached hydrogen (secondary N) is 2. The molecule has 7 heteroatoms. The molecule has 0 spiro atoms. The molecule has 0 amide bonds. The molecule has 1 aromatic carbocycles. The molecule has 122 valence electrons. The first-order valence-corrected chi connectivity index (χ1v) is 7.82. The number of hydrogen-bond acceptors (Lipinski definition) is 7. The number of benzene rings is 1. The maximum absolute atomic E-state index is 5.85. The Bertz CT molecular complexity index is 821. The van der Waals surface area contributed by atoms with Crippen LogP contribution in [0.5, 0.6) is 11.6 Å². The van der Waals surface area contributed by atoms with Gasteiger partial charge in [0.1, 0.15) is 11.8 Å². The molecule has 24 heavy (non-hydrogen) atoms. The van der Waals surface area contributed by atoms with Gasteiger partial charge >= 0.3 is 0 Å². The molecule has 1 aliphatic rings. The Morgan fingerprint density at radius 3 is 2.79 bits per heavy atom. The highest BCUT2D eigenvalue weighted by Gasteiger charge is 2.27. The van der Waals surface area contributed by atoms with Crippen LogP contribution in [0.2, 0.25) is 0 Å². The van der Waals surface area contributed by atoms with E-state index in [0.29, 0.717) is 34.9 Å². The topological polar surface area (TPSA) is 85.1 Å². The van der Waals surface area contributed by atoms with E-state index >= 15 is 0 Å². The van der Waals surface area contributed by atoms with Gasteiger partial charge in [0.25, 0.3) is 0 Å². The van der Waals surface area contributed by atoms with E-state index in [9.17, 15) is 0 Å². The summed E-state index contributed by atoms with van der Waals surface area (Å²) in [6.45, 7) is 2.09. The Balaban J connectivity index is 1.62. The van der Waals surface area contributed by atoms with Gasteiger partial charge in [-0.3, -0.25) is 5.43 Å². The first kappa shape index (κ1) is 14.8. The summed E-state index contributed by atoms with van der Waals surface area (Å²) >= 11 is 0. The van der Waals surface area contributed by atoms with E-state index in [0.717, 1.165) is 6.42 Å². The number of nitrogens with zero attached hydrogens (tertiary/aromatic N) is 3. The smallest absolute Gasteiger partial charge is 0.245 e. The number of rotatable bonds is 4. The molecule has 2 atom stereocenters. The summed E-state index contributed by atoms with van der Waals surface area (Å²) in [7, 11) is 0. The molecule has 1 fully saturated rings. The molecule has 2 N–H and O–H groups in total. The fraction of sp³-hybridized carbons (Fsp3) is 0.235. The van der Waals surface area contributed by atoms with Crippen molar-refractivity contribution >= 4 is 0 Å². The second-order valence-corrected chi connectivity index (χ2v) is 5.71. The molecule has 0 radical (unpaired) electrons. The van der Waals surface area contributed by atoms with E-state index in [4.69, 9.17) is 9.26 Å². The minimum Gasteiger partial charge on any atom is -0.438 e. The number of hydrazine groups is 1. The minimum absolute atomic E-state index is 0.0106. The first-order valence-electron chi connectivity index (χ1n) is 7.82. The third kappa shape index (κ3) is 2.99. The maximum atomic E-state index is 5.85.